The molecule has 0 aliphatic heterocycles. The number of anilines is 1. The molecule has 2 heterocycles. The topological polar surface area (TPSA) is 106 Å². The van der Waals surface area contributed by atoms with Gasteiger partial charge >= 0.3 is 0 Å². The van der Waals surface area contributed by atoms with Crippen LogP contribution in [0, 0.1) is 6.92 Å². The van der Waals surface area contributed by atoms with Gasteiger partial charge in [-0.1, -0.05) is 23.4 Å². The summed E-state index contributed by atoms with van der Waals surface area (Å²) in [7, 11) is 1.59. The minimum Gasteiger partial charge on any atom is -0.497 e. The number of carbonyl (C=O) groups excluding carboxylic acids is 2. The van der Waals surface area contributed by atoms with Crippen molar-refractivity contribution >= 4 is 17.6 Å². The van der Waals surface area contributed by atoms with Gasteiger partial charge in [0.05, 0.1) is 7.11 Å². The monoisotopic (exact) mass is 366 g/mol. The molecule has 2 amide bonds. The first kappa shape index (κ1) is 18.1. The molecule has 2 aromatic heterocycles. The van der Waals surface area contributed by atoms with E-state index in [4.69, 9.17) is 9.26 Å². The summed E-state index contributed by atoms with van der Waals surface area (Å²) >= 11 is 0. The smallest absolute Gasteiger partial charge is 0.275 e. The van der Waals surface area contributed by atoms with Crippen molar-refractivity contribution in [1.29, 1.82) is 0 Å². The molecule has 138 valence electrons. The van der Waals surface area contributed by atoms with Crippen LogP contribution in [0.2, 0.25) is 0 Å². The van der Waals surface area contributed by atoms with Crippen molar-refractivity contribution in [3.8, 4) is 5.75 Å². The molecule has 0 saturated carbocycles. The number of rotatable bonds is 6. The van der Waals surface area contributed by atoms with Crippen molar-refractivity contribution in [2.45, 2.75) is 13.5 Å². The van der Waals surface area contributed by atoms with Crippen LogP contribution in [0.3, 0.4) is 0 Å². The average molecular weight is 366 g/mol. The lowest BCUT2D eigenvalue weighted by Crippen LogP contribution is -2.25. The minimum absolute atomic E-state index is 0.104. The first-order chi connectivity index (χ1) is 13.0. The largest absolute Gasteiger partial charge is 0.497 e. The van der Waals surface area contributed by atoms with E-state index in [0.717, 1.165) is 11.3 Å². The first-order valence-corrected chi connectivity index (χ1v) is 8.18. The number of nitrogens with one attached hydrogen (secondary N) is 2. The van der Waals surface area contributed by atoms with Crippen LogP contribution in [0.15, 0.2) is 53.1 Å². The average Bonchev–Trinajstić information content (AvgIpc) is 3.11. The van der Waals surface area contributed by atoms with Crippen molar-refractivity contribution in [2.75, 3.05) is 12.4 Å². The number of hydrogen-bond donors (Lipinski definition) is 2. The number of pyridine rings is 1. The lowest BCUT2D eigenvalue weighted by atomic mass is 10.2. The molecule has 0 fully saturated rings. The molecular weight excluding hydrogens is 348 g/mol. The number of amides is 2. The van der Waals surface area contributed by atoms with E-state index < -0.39 is 5.91 Å². The van der Waals surface area contributed by atoms with E-state index >= 15 is 0 Å². The highest BCUT2D eigenvalue weighted by molar-refractivity contribution is 6.03. The Kier molecular flexibility index (Phi) is 5.46. The van der Waals surface area contributed by atoms with Crippen LogP contribution in [0.4, 0.5) is 5.82 Å². The number of carbonyl (C=O) groups is 2. The second-order valence-electron chi connectivity index (χ2n) is 5.72. The summed E-state index contributed by atoms with van der Waals surface area (Å²) in [4.78, 5) is 28.7. The molecule has 1 aromatic carbocycles. The highest BCUT2D eigenvalue weighted by Crippen LogP contribution is 2.12. The van der Waals surface area contributed by atoms with E-state index in [2.05, 4.69) is 20.8 Å². The molecule has 27 heavy (non-hydrogen) atoms. The van der Waals surface area contributed by atoms with Crippen LogP contribution >= 0.6 is 0 Å². The molecule has 0 atom stereocenters. The normalized spacial score (nSPS) is 10.3. The van der Waals surface area contributed by atoms with Gasteiger partial charge in [0, 0.05) is 12.6 Å². The van der Waals surface area contributed by atoms with E-state index in [9.17, 15) is 9.59 Å². The molecule has 0 aliphatic rings. The van der Waals surface area contributed by atoms with Crippen molar-refractivity contribution in [2.24, 2.45) is 0 Å². The predicted octanol–water partition coefficient (Wildman–Crippen LogP) is 2.57. The van der Waals surface area contributed by atoms with Crippen LogP contribution in [0.1, 0.15) is 32.3 Å². The molecule has 2 N–H and O–H groups in total. The van der Waals surface area contributed by atoms with E-state index in [-0.39, 0.29) is 23.1 Å². The molecule has 3 aromatic rings. The van der Waals surface area contributed by atoms with E-state index in [0.29, 0.717) is 12.3 Å². The maximum Gasteiger partial charge on any atom is 0.275 e. The Bertz CT molecular complexity index is 950. The second kappa shape index (κ2) is 8.13. The molecular formula is C19H18N4O4. The second-order valence-corrected chi connectivity index (χ2v) is 5.72. The minimum atomic E-state index is -0.479. The summed E-state index contributed by atoms with van der Waals surface area (Å²) in [5, 5.41) is 9.03. The van der Waals surface area contributed by atoms with Gasteiger partial charge in [0.1, 0.15) is 22.9 Å². The number of aryl methyl sites for hydroxylation is 1. The summed E-state index contributed by atoms with van der Waals surface area (Å²) in [6.45, 7) is 2.05. The van der Waals surface area contributed by atoms with Gasteiger partial charge < -0.3 is 19.9 Å². The van der Waals surface area contributed by atoms with Crippen LogP contribution in [0.5, 0.6) is 5.75 Å². The number of nitrogens with zero attached hydrogens (tertiary/aromatic N) is 2. The van der Waals surface area contributed by atoms with Gasteiger partial charge in [-0.25, -0.2) is 4.98 Å². The third-order valence-corrected chi connectivity index (χ3v) is 3.70. The molecule has 0 radical (unpaired) electrons. The molecule has 0 bridgehead atoms. The Balaban J connectivity index is 1.63. The Morgan fingerprint density at radius 2 is 1.78 bits per heavy atom. The summed E-state index contributed by atoms with van der Waals surface area (Å²) < 4.78 is 9.99. The Morgan fingerprint density at radius 1 is 1.07 bits per heavy atom. The van der Waals surface area contributed by atoms with Crippen LogP contribution < -0.4 is 15.4 Å². The first-order valence-electron chi connectivity index (χ1n) is 8.18. The van der Waals surface area contributed by atoms with Crippen molar-refractivity contribution < 1.29 is 18.8 Å². The molecule has 8 heteroatoms. The zero-order chi connectivity index (χ0) is 19.2. The fourth-order valence-electron chi connectivity index (χ4n) is 2.31. The van der Waals surface area contributed by atoms with Gasteiger partial charge in [-0.2, -0.15) is 0 Å². The molecule has 0 spiro atoms. The molecule has 0 unspecified atom stereocenters. The summed E-state index contributed by atoms with van der Waals surface area (Å²) in [5.41, 5.74) is 1.17. The lowest BCUT2D eigenvalue weighted by molar-refractivity contribution is 0.0945. The third-order valence-electron chi connectivity index (χ3n) is 3.70. The van der Waals surface area contributed by atoms with Crippen LogP contribution in [0.25, 0.3) is 0 Å². The van der Waals surface area contributed by atoms with Gasteiger partial charge in [0.2, 0.25) is 0 Å². The van der Waals surface area contributed by atoms with Crippen molar-refractivity contribution in [3.63, 3.8) is 0 Å². The summed E-state index contributed by atoms with van der Waals surface area (Å²) in [6, 6.07) is 13.6. The quantitative estimate of drug-likeness (QED) is 0.694. The zero-order valence-electron chi connectivity index (χ0n) is 14.9. The summed E-state index contributed by atoms with van der Waals surface area (Å²) in [6.07, 6.45) is 0. The van der Waals surface area contributed by atoms with Crippen molar-refractivity contribution in [1.82, 2.24) is 15.5 Å². The zero-order valence-corrected chi connectivity index (χ0v) is 14.9. The molecule has 0 aliphatic carbocycles. The molecule has 3 rings (SSSR count). The lowest BCUT2D eigenvalue weighted by Gasteiger charge is -2.07. The van der Waals surface area contributed by atoms with E-state index in [1.54, 1.807) is 32.2 Å². The standard InChI is InChI=1S/C19H18N4O4/c1-12-10-17(23-27-12)22-19(25)16-5-3-4-15(21-16)18(24)20-11-13-6-8-14(26-2)9-7-13/h3-10H,11H2,1-2H3,(H,20,24)(H,22,23,25). The fourth-order valence-corrected chi connectivity index (χ4v) is 2.31. The summed E-state index contributed by atoms with van der Waals surface area (Å²) in [5.74, 6) is 0.747. The molecule has 8 nitrogen and oxygen atoms in total. The SMILES string of the molecule is COc1ccc(CNC(=O)c2cccc(C(=O)Nc3cc(C)on3)n2)cc1. The number of benzene rings is 1. The Morgan fingerprint density at radius 3 is 2.41 bits per heavy atom. The molecule has 0 saturated heterocycles. The van der Waals surface area contributed by atoms with E-state index in [1.165, 1.54) is 6.07 Å². The number of hydrogen-bond acceptors (Lipinski definition) is 6. The van der Waals surface area contributed by atoms with Gasteiger partial charge in [-0.15, -0.1) is 0 Å². The Hall–Kier alpha value is -3.68. The van der Waals surface area contributed by atoms with Gasteiger partial charge in [-0.3, -0.25) is 9.59 Å². The highest BCUT2D eigenvalue weighted by atomic mass is 16.5. The number of aromatic nitrogens is 2. The number of methoxy groups -OCH3 is 1. The van der Waals surface area contributed by atoms with Gasteiger partial charge in [0.25, 0.3) is 11.8 Å². The van der Waals surface area contributed by atoms with Gasteiger partial charge in [-0.05, 0) is 36.8 Å². The highest BCUT2D eigenvalue weighted by Gasteiger charge is 2.14. The van der Waals surface area contributed by atoms with Gasteiger partial charge in [0.15, 0.2) is 5.82 Å². The Labute approximate surface area is 155 Å². The number of ether oxygens (including phenoxy) is 1. The fraction of sp³-hybridized carbons (Fsp3) is 0.158. The van der Waals surface area contributed by atoms with Crippen LogP contribution in [-0.4, -0.2) is 29.1 Å². The third kappa shape index (κ3) is 4.69. The predicted molar refractivity (Wildman–Crippen MR) is 97.6 cm³/mol. The maximum atomic E-state index is 12.3. The van der Waals surface area contributed by atoms with Crippen molar-refractivity contribution in [3.05, 3.63) is 71.2 Å². The van der Waals surface area contributed by atoms with E-state index in [1.807, 2.05) is 24.3 Å². The van der Waals surface area contributed by atoms with Crippen LogP contribution in [-0.2, 0) is 6.54 Å². The maximum absolute atomic E-state index is 12.3.